The van der Waals surface area contributed by atoms with Crippen molar-refractivity contribution in [3.8, 4) is 17.0 Å². The van der Waals surface area contributed by atoms with Crippen LogP contribution in [0.4, 0.5) is 4.39 Å². The van der Waals surface area contributed by atoms with Crippen LogP contribution in [0.25, 0.3) is 11.3 Å². The number of carbonyl (C=O) groups is 1. The van der Waals surface area contributed by atoms with Crippen molar-refractivity contribution in [1.29, 1.82) is 0 Å². The molecular formula is C19H16ClFN2O2S. The molecule has 3 aromatic rings. The van der Waals surface area contributed by atoms with E-state index in [1.54, 1.807) is 12.1 Å². The summed E-state index contributed by atoms with van der Waals surface area (Å²) < 4.78 is 18.6. The van der Waals surface area contributed by atoms with E-state index in [4.69, 9.17) is 16.3 Å². The van der Waals surface area contributed by atoms with Crippen molar-refractivity contribution in [1.82, 2.24) is 10.3 Å². The van der Waals surface area contributed by atoms with Crippen LogP contribution < -0.4 is 10.1 Å². The highest BCUT2D eigenvalue weighted by Gasteiger charge is 2.11. The largest absolute Gasteiger partial charge is 0.481 e. The lowest BCUT2D eigenvalue weighted by atomic mass is 10.1. The van der Waals surface area contributed by atoms with Gasteiger partial charge < -0.3 is 10.1 Å². The predicted molar refractivity (Wildman–Crippen MR) is 101 cm³/mol. The second-order valence-electron chi connectivity index (χ2n) is 5.52. The van der Waals surface area contributed by atoms with E-state index in [1.807, 2.05) is 31.2 Å². The van der Waals surface area contributed by atoms with E-state index in [0.29, 0.717) is 11.6 Å². The Morgan fingerprint density at radius 1 is 1.23 bits per heavy atom. The second kappa shape index (κ2) is 8.29. The van der Waals surface area contributed by atoms with Gasteiger partial charge in [0.05, 0.1) is 12.2 Å². The summed E-state index contributed by atoms with van der Waals surface area (Å²) in [7, 11) is 0. The third-order valence-corrected chi connectivity index (χ3v) is 4.81. The van der Waals surface area contributed by atoms with Gasteiger partial charge in [-0.1, -0.05) is 35.9 Å². The molecule has 26 heavy (non-hydrogen) atoms. The molecule has 0 radical (unpaired) electrons. The number of para-hydroxylation sites is 1. The van der Waals surface area contributed by atoms with E-state index in [-0.39, 0.29) is 18.3 Å². The van der Waals surface area contributed by atoms with Crippen LogP contribution in [-0.2, 0) is 11.3 Å². The first-order valence-corrected chi connectivity index (χ1v) is 9.08. The number of hydrogen-bond donors (Lipinski definition) is 1. The summed E-state index contributed by atoms with van der Waals surface area (Å²) in [5.41, 5.74) is 1.85. The van der Waals surface area contributed by atoms with Crippen molar-refractivity contribution in [3.05, 3.63) is 69.3 Å². The number of nitrogens with zero attached hydrogens (tertiary/aromatic N) is 1. The Kier molecular flexibility index (Phi) is 5.85. The summed E-state index contributed by atoms with van der Waals surface area (Å²) >= 11 is 7.42. The van der Waals surface area contributed by atoms with Crippen LogP contribution in [0.5, 0.6) is 5.75 Å². The fourth-order valence-electron chi connectivity index (χ4n) is 2.33. The Balaban J connectivity index is 1.56. The second-order valence-corrected chi connectivity index (χ2v) is 7.24. The summed E-state index contributed by atoms with van der Waals surface area (Å²) in [6, 6.07) is 13.4. The summed E-state index contributed by atoms with van der Waals surface area (Å²) in [5.74, 6) is -0.782. The number of hydrogen-bond acceptors (Lipinski definition) is 4. The van der Waals surface area contributed by atoms with Crippen LogP contribution in [0.15, 0.2) is 48.5 Å². The molecule has 3 rings (SSSR count). The number of halogens is 2. The zero-order valence-electron chi connectivity index (χ0n) is 14.0. The first kappa shape index (κ1) is 18.4. The van der Waals surface area contributed by atoms with Gasteiger partial charge in [0, 0.05) is 15.5 Å². The molecule has 1 N–H and O–H groups in total. The number of aryl methyl sites for hydroxylation is 1. The van der Waals surface area contributed by atoms with Gasteiger partial charge in [0.2, 0.25) is 0 Å². The third kappa shape index (κ3) is 4.59. The topological polar surface area (TPSA) is 51.2 Å². The molecule has 0 spiro atoms. The molecule has 0 aliphatic rings. The van der Waals surface area contributed by atoms with Crippen molar-refractivity contribution in [2.75, 3.05) is 6.61 Å². The molecule has 0 aliphatic heterocycles. The lowest BCUT2D eigenvalue weighted by Crippen LogP contribution is -2.28. The molecular weight excluding hydrogens is 375 g/mol. The van der Waals surface area contributed by atoms with Crippen molar-refractivity contribution in [3.63, 3.8) is 0 Å². The number of benzene rings is 2. The maximum Gasteiger partial charge on any atom is 0.258 e. The van der Waals surface area contributed by atoms with Gasteiger partial charge in [-0.25, -0.2) is 9.37 Å². The maximum absolute atomic E-state index is 13.5. The zero-order chi connectivity index (χ0) is 18.5. The van der Waals surface area contributed by atoms with Gasteiger partial charge in [-0.15, -0.1) is 11.3 Å². The monoisotopic (exact) mass is 390 g/mol. The standard InChI is InChI=1S/C19H16ClFN2O2S/c1-12-19(13-6-8-14(20)9-7-13)23-18(26-12)10-22-17(24)11-25-16-5-3-2-4-15(16)21/h2-9H,10-11H2,1H3,(H,22,24). The van der Waals surface area contributed by atoms with Crippen LogP contribution >= 0.6 is 22.9 Å². The van der Waals surface area contributed by atoms with Crippen molar-refractivity contribution in [2.24, 2.45) is 0 Å². The first-order chi connectivity index (χ1) is 12.5. The van der Waals surface area contributed by atoms with Gasteiger partial charge in [0.15, 0.2) is 18.2 Å². The van der Waals surface area contributed by atoms with E-state index in [9.17, 15) is 9.18 Å². The zero-order valence-corrected chi connectivity index (χ0v) is 15.5. The van der Waals surface area contributed by atoms with Gasteiger partial charge in [-0.3, -0.25) is 4.79 Å². The van der Waals surface area contributed by atoms with Gasteiger partial charge in [-0.05, 0) is 31.2 Å². The Morgan fingerprint density at radius 3 is 2.69 bits per heavy atom. The van der Waals surface area contributed by atoms with E-state index in [0.717, 1.165) is 21.1 Å². The number of thiazole rings is 1. The fraction of sp³-hybridized carbons (Fsp3) is 0.158. The fourth-order valence-corrected chi connectivity index (χ4v) is 3.35. The normalized spacial score (nSPS) is 10.6. The molecule has 2 aromatic carbocycles. The highest BCUT2D eigenvalue weighted by atomic mass is 35.5. The molecule has 4 nitrogen and oxygen atoms in total. The summed E-state index contributed by atoms with van der Waals surface area (Å²) in [4.78, 5) is 17.5. The highest BCUT2D eigenvalue weighted by molar-refractivity contribution is 7.12. The highest BCUT2D eigenvalue weighted by Crippen LogP contribution is 2.28. The molecule has 0 unspecified atom stereocenters. The average Bonchev–Trinajstić information content (AvgIpc) is 3.01. The van der Waals surface area contributed by atoms with Gasteiger partial charge in [0.1, 0.15) is 5.01 Å². The van der Waals surface area contributed by atoms with Gasteiger partial charge in [-0.2, -0.15) is 0 Å². The number of nitrogens with one attached hydrogen (secondary N) is 1. The molecule has 1 aromatic heterocycles. The van der Waals surface area contributed by atoms with Crippen molar-refractivity contribution < 1.29 is 13.9 Å². The Morgan fingerprint density at radius 2 is 1.96 bits per heavy atom. The first-order valence-electron chi connectivity index (χ1n) is 7.89. The van der Waals surface area contributed by atoms with Crippen LogP contribution in [0.1, 0.15) is 9.88 Å². The van der Waals surface area contributed by atoms with E-state index >= 15 is 0 Å². The van der Waals surface area contributed by atoms with Crippen molar-refractivity contribution >= 4 is 28.8 Å². The smallest absolute Gasteiger partial charge is 0.258 e. The lowest BCUT2D eigenvalue weighted by molar-refractivity contribution is -0.123. The van der Waals surface area contributed by atoms with Gasteiger partial charge in [0.25, 0.3) is 5.91 Å². The molecule has 1 amide bonds. The van der Waals surface area contributed by atoms with E-state index in [1.165, 1.54) is 23.5 Å². The Labute approximate surface area is 159 Å². The summed E-state index contributed by atoms with van der Waals surface area (Å²) in [5, 5.41) is 4.18. The molecule has 0 saturated heterocycles. The Hall–Kier alpha value is -2.44. The Bertz CT molecular complexity index is 912. The minimum Gasteiger partial charge on any atom is -0.481 e. The number of aromatic nitrogens is 1. The molecule has 0 fully saturated rings. The number of ether oxygens (including phenoxy) is 1. The summed E-state index contributed by atoms with van der Waals surface area (Å²) in [6.07, 6.45) is 0. The van der Waals surface area contributed by atoms with Crippen LogP contribution in [0.2, 0.25) is 5.02 Å². The molecule has 0 saturated carbocycles. The summed E-state index contributed by atoms with van der Waals surface area (Å²) in [6.45, 7) is 2.02. The average molecular weight is 391 g/mol. The lowest BCUT2D eigenvalue weighted by Gasteiger charge is -2.07. The molecule has 0 aliphatic carbocycles. The SMILES string of the molecule is Cc1sc(CNC(=O)COc2ccccc2F)nc1-c1ccc(Cl)cc1. The van der Waals surface area contributed by atoms with E-state index in [2.05, 4.69) is 10.3 Å². The molecule has 7 heteroatoms. The molecule has 0 atom stereocenters. The van der Waals surface area contributed by atoms with Crippen molar-refractivity contribution in [2.45, 2.75) is 13.5 Å². The minimum absolute atomic E-state index is 0.0535. The van der Waals surface area contributed by atoms with Crippen LogP contribution in [-0.4, -0.2) is 17.5 Å². The third-order valence-electron chi connectivity index (χ3n) is 3.59. The van der Waals surface area contributed by atoms with Crippen LogP contribution in [0, 0.1) is 12.7 Å². The van der Waals surface area contributed by atoms with Crippen LogP contribution in [0.3, 0.4) is 0 Å². The van der Waals surface area contributed by atoms with Gasteiger partial charge >= 0.3 is 0 Å². The maximum atomic E-state index is 13.5. The predicted octanol–water partition coefficient (Wildman–Crippen LogP) is 4.61. The molecule has 134 valence electrons. The quantitative estimate of drug-likeness (QED) is 0.668. The molecule has 1 heterocycles. The number of rotatable bonds is 6. The number of carbonyl (C=O) groups excluding carboxylic acids is 1. The minimum atomic E-state index is -0.497. The van der Waals surface area contributed by atoms with E-state index < -0.39 is 5.82 Å². The molecule has 0 bridgehead atoms. The number of amides is 1.